The highest BCUT2D eigenvalue weighted by Gasteiger charge is 2.32. The third-order valence-electron chi connectivity index (χ3n) is 4.98. The first-order valence-corrected chi connectivity index (χ1v) is 11.3. The van der Waals surface area contributed by atoms with E-state index in [-0.39, 0.29) is 35.9 Å². The third kappa shape index (κ3) is 4.79. The standard InChI is InChI=1S/C20H22BrFN2O3S/c1-14(16-3-2-4-17(21)13-16)23-20(25)15-9-11-24(12-10-15)28(26,27)19-7-5-18(22)6-8-19/h2-8,13-15H,9-12H2,1H3,(H,23,25). The van der Waals surface area contributed by atoms with Crippen molar-refractivity contribution >= 4 is 31.9 Å². The predicted octanol–water partition coefficient (Wildman–Crippen LogP) is 3.87. The number of amides is 1. The fourth-order valence-electron chi connectivity index (χ4n) is 3.30. The average molecular weight is 469 g/mol. The summed E-state index contributed by atoms with van der Waals surface area (Å²) in [5, 5.41) is 3.02. The number of nitrogens with zero attached hydrogens (tertiary/aromatic N) is 1. The second-order valence-corrected chi connectivity index (χ2v) is 9.77. The number of hydrogen-bond donors (Lipinski definition) is 1. The Morgan fingerprint density at radius 2 is 1.82 bits per heavy atom. The van der Waals surface area contributed by atoms with Crippen molar-refractivity contribution in [3.63, 3.8) is 0 Å². The highest BCUT2D eigenvalue weighted by atomic mass is 79.9. The van der Waals surface area contributed by atoms with Crippen molar-refractivity contribution in [2.75, 3.05) is 13.1 Å². The summed E-state index contributed by atoms with van der Waals surface area (Å²) in [4.78, 5) is 12.7. The molecule has 28 heavy (non-hydrogen) atoms. The van der Waals surface area contributed by atoms with Gasteiger partial charge in [0.2, 0.25) is 15.9 Å². The number of carbonyl (C=O) groups excluding carboxylic acids is 1. The molecule has 1 unspecified atom stereocenters. The van der Waals surface area contributed by atoms with E-state index >= 15 is 0 Å². The van der Waals surface area contributed by atoms with Gasteiger partial charge in [-0.1, -0.05) is 28.1 Å². The van der Waals surface area contributed by atoms with Crippen LogP contribution < -0.4 is 5.32 Å². The number of rotatable bonds is 5. The molecule has 2 aromatic carbocycles. The SMILES string of the molecule is CC(NC(=O)C1CCN(S(=O)(=O)c2ccc(F)cc2)CC1)c1cccc(Br)c1. The number of halogens is 2. The van der Waals surface area contributed by atoms with E-state index in [1.807, 2.05) is 31.2 Å². The van der Waals surface area contributed by atoms with Crippen LogP contribution in [0.15, 0.2) is 57.9 Å². The zero-order valence-corrected chi connectivity index (χ0v) is 17.8. The lowest BCUT2D eigenvalue weighted by Gasteiger charge is -2.31. The molecule has 8 heteroatoms. The molecule has 1 atom stereocenters. The number of benzene rings is 2. The molecule has 0 aromatic heterocycles. The fraction of sp³-hybridized carbons (Fsp3) is 0.350. The molecule has 0 saturated carbocycles. The molecule has 3 rings (SSSR count). The van der Waals surface area contributed by atoms with E-state index in [1.54, 1.807) is 0 Å². The first-order valence-electron chi connectivity index (χ1n) is 9.09. The van der Waals surface area contributed by atoms with Crippen molar-refractivity contribution in [2.24, 2.45) is 5.92 Å². The van der Waals surface area contributed by atoms with Gasteiger partial charge in [0, 0.05) is 23.5 Å². The van der Waals surface area contributed by atoms with Gasteiger partial charge in [-0.3, -0.25) is 4.79 Å². The van der Waals surface area contributed by atoms with E-state index in [1.165, 1.54) is 16.4 Å². The average Bonchev–Trinajstić information content (AvgIpc) is 2.68. The lowest BCUT2D eigenvalue weighted by molar-refractivity contribution is -0.126. The number of sulfonamides is 1. The molecule has 1 saturated heterocycles. The van der Waals surface area contributed by atoms with E-state index in [4.69, 9.17) is 0 Å². The van der Waals surface area contributed by atoms with Gasteiger partial charge in [-0.2, -0.15) is 4.31 Å². The monoisotopic (exact) mass is 468 g/mol. The van der Waals surface area contributed by atoms with Crippen LogP contribution in [0.4, 0.5) is 4.39 Å². The lowest BCUT2D eigenvalue weighted by atomic mass is 9.96. The highest BCUT2D eigenvalue weighted by Crippen LogP contribution is 2.25. The van der Waals surface area contributed by atoms with Gasteiger partial charge in [0.15, 0.2) is 0 Å². The molecule has 0 aliphatic carbocycles. The Hall–Kier alpha value is -1.77. The fourth-order valence-corrected chi connectivity index (χ4v) is 5.19. The number of piperidine rings is 1. The normalized spacial score (nSPS) is 17.2. The maximum absolute atomic E-state index is 13.1. The minimum absolute atomic E-state index is 0.0636. The molecule has 0 radical (unpaired) electrons. The number of carbonyl (C=O) groups is 1. The van der Waals surface area contributed by atoms with Crippen molar-refractivity contribution in [2.45, 2.75) is 30.7 Å². The third-order valence-corrected chi connectivity index (χ3v) is 7.39. The van der Waals surface area contributed by atoms with E-state index in [0.29, 0.717) is 12.8 Å². The van der Waals surface area contributed by atoms with Gasteiger partial charge >= 0.3 is 0 Å². The van der Waals surface area contributed by atoms with E-state index in [9.17, 15) is 17.6 Å². The van der Waals surface area contributed by atoms with E-state index in [2.05, 4.69) is 21.2 Å². The van der Waals surface area contributed by atoms with Crippen molar-refractivity contribution in [1.82, 2.24) is 9.62 Å². The van der Waals surface area contributed by atoms with Crippen LogP contribution in [0, 0.1) is 11.7 Å². The Kier molecular flexibility index (Phi) is 6.52. The molecule has 0 spiro atoms. The van der Waals surface area contributed by atoms with Crippen molar-refractivity contribution in [3.05, 3.63) is 64.4 Å². The largest absolute Gasteiger partial charge is 0.349 e. The van der Waals surface area contributed by atoms with Crippen molar-refractivity contribution < 1.29 is 17.6 Å². The van der Waals surface area contributed by atoms with Crippen LogP contribution >= 0.6 is 15.9 Å². The molecule has 1 aliphatic heterocycles. The Morgan fingerprint density at radius 3 is 2.43 bits per heavy atom. The summed E-state index contributed by atoms with van der Waals surface area (Å²) in [5.74, 6) is -0.769. The Balaban J connectivity index is 1.58. The number of nitrogens with one attached hydrogen (secondary N) is 1. The van der Waals surface area contributed by atoms with Gasteiger partial charge < -0.3 is 5.32 Å². The van der Waals surface area contributed by atoms with Gasteiger partial charge in [-0.25, -0.2) is 12.8 Å². The van der Waals surface area contributed by atoms with Crippen molar-refractivity contribution in [3.8, 4) is 0 Å². The van der Waals surface area contributed by atoms with Crippen LogP contribution in [-0.2, 0) is 14.8 Å². The van der Waals surface area contributed by atoms with Crippen LogP contribution in [0.25, 0.3) is 0 Å². The maximum atomic E-state index is 13.1. The summed E-state index contributed by atoms with van der Waals surface area (Å²) in [5.41, 5.74) is 0.999. The molecular formula is C20H22BrFN2O3S. The van der Waals surface area contributed by atoms with E-state index in [0.717, 1.165) is 22.2 Å². The topological polar surface area (TPSA) is 66.5 Å². The van der Waals surface area contributed by atoms with Gasteiger partial charge in [0.25, 0.3) is 0 Å². The Labute approximate surface area is 173 Å². The summed E-state index contributed by atoms with van der Waals surface area (Å²) in [6.45, 7) is 2.46. The second kappa shape index (κ2) is 8.71. The minimum Gasteiger partial charge on any atom is -0.349 e. The molecule has 1 aliphatic rings. The van der Waals surface area contributed by atoms with E-state index < -0.39 is 15.8 Å². The summed E-state index contributed by atoms with van der Waals surface area (Å²) < 4.78 is 40.7. The molecule has 2 aromatic rings. The van der Waals surface area contributed by atoms with Gasteiger partial charge in [-0.05, 0) is 61.7 Å². The van der Waals surface area contributed by atoms with Crippen molar-refractivity contribution in [1.29, 1.82) is 0 Å². The van der Waals surface area contributed by atoms with Crippen LogP contribution in [0.2, 0.25) is 0 Å². The minimum atomic E-state index is -3.67. The van der Waals surface area contributed by atoms with Gasteiger partial charge in [0.1, 0.15) is 5.82 Å². The summed E-state index contributed by atoms with van der Waals surface area (Å²) >= 11 is 3.43. The molecule has 1 amide bonds. The second-order valence-electron chi connectivity index (χ2n) is 6.92. The molecule has 1 heterocycles. The Bertz CT molecular complexity index is 942. The smallest absolute Gasteiger partial charge is 0.243 e. The molecular weight excluding hydrogens is 447 g/mol. The highest BCUT2D eigenvalue weighted by molar-refractivity contribution is 9.10. The van der Waals surface area contributed by atoms with Crippen LogP contribution in [0.1, 0.15) is 31.4 Å². The van der Waals surface area contributed by atoms with Crippen LogP contribution in [0.5, 0.6) is 0 Å². The summed E-state index contributed by atoms with van der Waals surface area (Å²) in [7, 11) is -3.67. The maximum Gasteiger partial charge on any atom is 0.243 e. The van der Waals surface area contributed by atoms with Gasteiger partial charge in [0.05, 0.1) is 10.9 Å². The molecule has 150 valence electrons. The van der Waals surface area contributed by atoms with Crippen LogP contribution in [0.3, 0.4) is 0 Å². The zero-order valence-electron chi connectivity index (χ0n) is 15.4. The number of hydrogen-bond acceptors (Lipinski definition) is 3. The lowest BCUT2D eigenvalue weighted by Crippen LogP contribution is -2.43. The summed E-state index contributed by atoms with van der Waals surface area (Å²) in [6.07, 6.45) is 0.912. The summed E-state index contributed by atoms with van der Waals surface area (Å²) in [6, 6.07) is 12.4. The molecule has 1 fully saturated rings. The zero-order chi connectivity index (χ0) is 20.3. The van der Waals surface area contributed by atoms with Crippen LogP contribution in [-0.4, -0.2) is 31.7 Å². The quantitative estimate of drug-likeness (QED) is 0.723. The predicted molar refractivity (Wildman–Crippen MR) is 109 cm³/mol. The first kappa shape index (κ1) is 21.0. The molecule has 1 N–H and O–H groups in total. The first-order chi connectivity index (χ1) is 13.3. The Morgan fingerprint density at radius 1 is 1.18 bits per heavy atom. The molecule has 0 bridgehead atoms. The molecule has 5 nitrogen and oxygen atoms in total. The van der Waals surface area contributed by atoms with Gasteiger partial charge in [-0.15, -0.1) is 0 Å².